The highest BCUT2D eigenvalue weighted by atomic mass is 16.7. The molecule has 0 aromatic heterocycles. The molecule has 0 radical (unpaired) electrons. The lowest BCUT2D eigenvalue weighted by Gasteiger charge is -2.46. The van der Waals surface area contributed by atoms with Gasteiger partial charge in [-0.1, -0.05) is 0 Å². The average Bonchev–Trinajstić information content (AvgIpc) is 2.88. The number of carbonyl (C=O) groups is 2. The molecule has 0 unspecified atom stereocenters. The molecular weight excluding hydrogens is 510 g/mol. The van der Waals surface area contributed by atoms with Crippen LogP contribution in [0.4, 0.5) is 0 Å². The molecule has 1 amide bonds. The van der Waals surface area contributed by atoms with Gasteiger partial charge in [0.05, 0.1) is 19.8 Å². The molecule has 0 bridgehead atoms. The van der Waals surface area contributed by atoms with E-state index in [1.807, 2.05) is 0 Å². The first-order valence-corrected chi connectivity index (χ1v) is 11.3. The molecule has 11 N–H and O–H groups in total. The summed E-state index contributed by atoms with van der Waals surface area (Å²) in [5.74, 6) is -0.734. The van der Waals surface area contributed by atoms with Gasteiger partial charge < -0.3 is 80.1 Å². The Kier molecular flexibility index (Phi) is 12.1. The van der Waals surface area contributed by atoms with Gasteiger partial charge in [0.25, 0.3) is 0 Å². The normalized spacial score (nSPS) is 39.9. The lowest BCUT2D eigenvalue weighted by atomic mass is 9.96. The van der Waals surface area contributed by atoms with Gasteiger partial charge in [-0.05, 0) is 0 Å². The van der Waals surface area contributed by atoms with Crippen LogP contribution in [0.1, 0.15) is 6.92 Å². The van der Waals surface area contributed by atoms with Crippen molar-refractivity contribution in [2.75, 3.05) is 19.8 Å². The van der Waals surface area contributed by atoms with E-state index >= 15 is 0 Å². The van der Waals surface area contributed by atoms with Crippen molar-refractivity contribution in [2.45, 2.75) is 92.7 Å². The second-order valence-electron chi connectivity index (χ2n) is 8.71. The number of aliphatic hydroxyl groups excluding tert-OH is 10. The van der Waals surface area contributed by atoms with Crippen molar-refractivity contribution in [2.24, 2.45) is 0 Å². The highest BCUT2D eigenvalue weighted by molar-refractivity contribution is 5.77. The zero-order valence-corrected chi connectivity index (χ0v) is 19.7. The van der Waals surface area contributed by atoms with Gasteiger partial charge in [0.1, 0.15) is 79.5 Å². The zero-order valence-electron chi connectivity index (χ0n) is 19.7. The first-order chi connectivity index (χ1) is 17.4. The number of nitrogens with one attached hydrogen (secondary N) is 1. The van der Waals surface area contributed by atoms with Crippen LogP contribution >= 0.6 is 0 Å². The molecule has 0 aliphatic carbocycles. The van der Waals surface area contributed by atoms with E-state index in [1.165, 1.54) is 0 Å². The Bertz CT molecular complexity index is 726. The first-order valence-electron chi connectivity index (χ1n) is 11.3. The molecule has 2 fully saturated rings. The molecule has 17 heteroatoms. The van der Waals surface area contributed by atoms with E-state index in [0.717, 1.165) is 6.92 Å². The maximum absolute atomic E-state index is 11.6. The summed E-state index contributed by atoms with van der Waals surface area (Å²) in [5.41, 5.74) is 0. The minimum absolute atomic E-state index is 0.152. The van der Waals surface area contributed by atoms with E-state index in [0.29, 0.717) is 0 Å². The van der Waals surface area contributed by atoms with Crippen LogP contribution in [0.5, 0.6) is 0 Å². The Balaban J connectivity index is 2.24. The molecule has 2 aliphatic rings. The standard InChI is InChI=1S/C20H35NO16/c1-6(26)21-7(2-22)17(11(28)8(27)3-23)36-20-16(33)14(31)18(10(5-25)35-20)37-19-15(32)13(30)12(29)9(4-24)34-19/h2,7-20,23-25,27-33H,3-5H2,1H3,(H,21,26)/t7-,8+,9+,10+,11+,12-,13-,14+,15+,16+,17+,18-,19-,20-/m0/s1. The number of carbonyl (C=O) groups excluding carboxylic acids is 2. The van der Waals surface area contributed by atoms with Crippen LogP contribution in [0, 0.1) is 0 Å². The third kappa shape index (κ3) is 7.37. The zero-order chi connectivity index (χ0) is 28.0. The molecule has 2 heterocycles. The van der Waals surface area contributed by atoms with Gasteiger partial charge >= 0.3 is 0 Å². The van der Waals surface area contributed by atoms with Gasteiger partial charge in [-0.2, -0.15) is 0 Å². The van der Waals surface area contributed by atoms with Crippen molar-refractivity contribution < 1.29 is 79.6 Å². The summed E-state index contributed by atoms with van der Waals surface area (Å²) in [4.78, 5) is 23.0. The Morgan fingerprint density at radius 1 is 0.892 bits per heavy atom. The monoisotopic (exact) mass is 545 g/mol. The fourth-order valence-corrected chi connectivity index (χ4v) is 3.96. The van der Waals surface area contributed by atoms with Gasteiger partial charge in [-0.3, -0.25) is 4.79 Å². The average molecular weight is 545 g/mol. The van der Waals surface area contributed by atoms with Crippen LogP contribution in [0.15, 0.2) is 0 Å². The number of hydrogen-bond acceptors (Lipinski definition) is 16. The molecule has 37 heavy (non-hydrogen) atoms. The maximum Gasteiger partial charge on any atom is 0.217 e. The fraction of sp³-hybridized carbons (Fsp3) is 0.900. The smallest absolute Gasteiger partial charge is 0.217 e. The van der Waals surface area contributed by atoms with Crippen LogP contribution < -0.4 is 5.32 Å². The molecule has 2 rings (SSSR count). The van der Waals surface area contributed by atoms with Crippen molar-refractivity contribution in [3.05, 3.63) is 0 Å². The molecule has 2 aliphatic heterocycles. The Hall–Kier alpha value is -1.42. The number of rotatable bonds is 12. The topological polar surface area (TPSA) is 285 Å². The molecule has 0 spiro atoms. The van der Waals surface area contributed by atoms with Gasteiger partial charge in [0, 0.05) is 6.92 Å². The summed E-state index contributed by atoms with van der Waals surface area (Å²) in [7, 11) is 0. The minimum Gasteiger partial charge on any atom is -0.394 e. The molecule has 0 aromatic rings. The number of amides is 1. The molecule has 14 atom stereocenters. The summed E-state index contributed by atoms with van der Waals surface area (Å²) in [6, 6.07) is -1.61. The van der Waals surface area contributed by atoms with Gasteiger partial charge in [-0.25, -0.2) is 0 Å². The second-order valence-corrected chi connectivity index (χ2v) is 8.71. The Morgan fingerprint density at radius 3 is 1.97 bits per heavy atom. The molecule has 0 aromatic carbocycles. The SMILES string of the molecule is CC(=O)N[C@@H](C=O)[C@@H](O[C@@H]1O[C@H](CO)[C@H](O[C@@H]2O[C@H](CO)[C@H](O)[C@H](O)[C@H]2O)[C@H](O)[C@H]1O)[C@H](O)[C@H](O)CO. The maximum atomic E-state index is 11.6. The van der Waals surface area contributed by atoms with Gasteiger partial charge in [0.2, 0.25) is 5.91 Å². The van der Waals surface area contributed by atoms with Gasteiger partial charge in [0.15, 0.2) is 12.6 Å². The molecule has 17 nitrogen and oxygen atoms in total. The quantitative estimate of drug-likeness (QED) is 0.102. The predicted molar refractivity (Wildman–Crippen MR) is 114 cm³/mol. The van der Waals surface area contributed by atoms with Crippen molar-refractivity contribution in [1.29, 1.82) is 0 Å². The third-order valence-corrected chi connectivity index (χ3v) is 6.04. The third-order valence-electron chi connectivity index (χ3n) is 6.04. The number of aliphatic hydroxyl groups is 10. The number of ether oxygens (including phenoxy) is 4. The molecule has 0 saturated carbocycles. The number of hydrogen-bond donors (Lipinski definition) is 11. The minimum atomic E-state index is -2.02. The second kappa shape index (κ2) is 14.1. The largest absolute Gasteiger partial charge is 0.394 e. The Morgan fingerprint density at radius 2 is 1.46 bits per heavy atom. The van der Waals surface area contributed by atoms with Crippen molar-refractivity contribution in [1.82, 2.24) is 5.32 Å². The van der Waals surface area contributed by atoms with Crippen molar-refractivity contribution in [3.8, 4) is 0 Å². The van der Waals surface area contributed by atoms with Crippen LogP contribution in [-0.2, 0) is 28.5 Å². The highest BCUT2D eigenvalue weighted by Crippen LogP contribution is 2.30. The first kappa shape index (κ1) is 31.8. The van der Waals surface area contributed by atoms with E-state index in [2.05, 4.69) is 5.32 Å². The van der Waals surface area contributed by atoms with E-state index in [4.69, 9.17) is 24.1 Å². The van der Waals surface area contributed by atoms with Crippen molar-refractivity contribution in [3.63, 3.8) is 0 Å². The van der Waals surface area contributed by atoms with E-state index in [9.17, 15) is 55.5 Å². The summed E-state index contributed by atoms with van der Waals surface area (Å²) in [6.07, 6.45) is -23.1. The lowest BCUT2D eigenvalue weighted by molar-refractivity contribution is -0.365. The summed E-state index contributed by atoms with van der Waals surface area (Å²) >= 11 is 0. The molecule has 216 valence electrons. The van der Waals surface area contributed by atoms with E-state index in [1.54, 1.807) is 0 Å². The van der Waals surface area contributed by atoms with Crippen LogP contribution in [0.2, 0.25) is 0 Å². The van der Waals surface area contributed by atoms with Crippen LogP contribution in [0.25, 0.3) is 0 Å². The van der Waals surface area contributed by atoms with Gasteiger partial charge in [-0.15, -0.1) is 0 Å². The van der Waals surface area contributed by atoms with Crippen LogP contribution in [-0.4, -0.2) is 169 Å². The molecular formula is C20H35NO16. The summed E-state index contributed by atoms with van der Waals surface area (Å²) < 4.78 is 21.4. The predicted octanol–water partition coefficient (Wildman–Crippen LogP) is -7.59. The number of aldehydes is 1. The Labute approximate surface area is 210 Å². The van der Waals surface area contributed by atoms with E-state index in [-0.39, 0.29) is 6.29 Å². The van der Waals surface area contributed by atoms with Crippen molar-refractivity contribution >= 4 is 12.2 Å². The lowest BCUT2D eigenvalue weighted by Crippen LogP contribution is -2.66. The highest BCUT2D eigenvalue weighted by Gasteiger charge is 2.52. The molecule has 2 saturated heterocycles. The fourth-order valence-electron chi connectivity index (χ4n) is 3.96. The van der Waals surface area contributed by atoms with Crippen LogP contribution in [0.3, 0.4) is 0 Å². The van der Waals surface area contributed by atoms with E-state index < -0.39 is 111 Å². The summed E-state index contributed by atoms with van der Waals surface area (Å²) in [5, 5.41) is 102. The summed E-state index contributed by atoms with van der Waals surface area (Å²) in [6.45, 7) is -1.59.